The molecule has 0 fully saturated rings. The van der Waals surface area contributed by atoms with Crippen LogP contribution in [0, 0.1) is 6.85 Å². The molecule has 4 nitrogen and oxygen atoms in total. The number of hydrogen-bond acceptors (Lipinski definition) is 3. The fourth-order valence-electron chi connectivity index (χ4n) is 8.71. The van der Waals surface area contributed by atoms with E-state index in [1.54, 1.807) is 44.3 Å². The van der Waals surface area contributed by atoms with Crippen molar-refractivity contribution in [3.05, 3.63) is 166 Å². The number of nitrogens with zero attached hydrogens (tertiary/aromatic N) is 3. The minimum atomic E-state index is -4.25. The lowest BCUT2D eigenvalue weighted by atomic mass is 9.79. The lowest BCUT2D eigenvalue weighted by molar-refractivity contribution is 0.446. The van der Waals surface area contributed by atoms with Crippen LogP contribution in [0.15, 0.2) is 128 Å². The van der Waals surface area contributed by atoms with E-state index in [1.807, 2.05) is 89.2 Å². The van der Waals surface area contributed by atoms with Gasteiger partial charge in [0.15, 0.2) is 0 Å². The number of para-hydroxylation sites is 1. The first-order valence-electron chi connectivity index (χ1n) is 34.1. The molecule has 69 heavy (non-hydrogen) atoms. The summed E-state index contributed by atoms with van der Waals surface area (Å²) in [5, 5.41) is 13.1. The molecule has 4 heteroatoms. The van der Waals surface area contributed by atoms with E-state index in [4.69, 9.17) is 36.0 Å². The number of aromatic nitrogens is 3. The number of aryl methyl sites for hydroxylation is 1. The Bertz CT molecular complexity index is 3990. The fraction of sp³-hybridized carbons (Fsp3) is 0.354. The van der Waals surface area contributed by atoms with Gasteiger partial charge in [-0.15, -0.1) is 0 Å². The van der Waals surface area contributed by atoms with Gasteiger partial charge in [0.25, 0.3) is 0 Å². The van der Waals surface area contributed by atoms with Crippen molar-refractivity contribution in [3.8, 4) is 67.5 Å². The summed E-state index contributed by atoms with van der Waals surface area (Å²) in [6.07, 6.45) is 1.69. The quantitative estimate of drug-likeness (QED) is 0.165. The third kappa shape index (κ3) is 9.96. The van der Waals surface area contributed by atoms with Crippen LogP contribution in [0.25, 0.3) is 72.7 Å². The van der Waals surface area contributed by atoms with E-state index in [-0.39, 0.29) is 34.1 Å². The molecule has 8 aromatic rings. The van der Waals surface area contributed by atoms with E-state index in [2.05, 4.69) is 32.9 Å². The standard InChI is InChI=1S/C65H75N3O/c1-39(2)45-30-46(40(3)4)32-47(31-45)43-23-26-57(41(5)29-43)68-58-20-18-19-53(59(58)67-61(68)54-37-52(64(12,13)14)38-55(60(54)69)65(15,16)17)48-33-49(35-51(34-48)63(9,10)11)56-36-44(27-28-66-56)42-21-24-50(25-22-42)62(6,7)8/h18-40,69H,1-17H3/i5D3,12D3,13D3,14D3,15D3,16D3,17D3,39D. The van der Waals surface area contributed by atoms with Crippen molar-refractivity contribution in [2.75, 3.05) is 0 Å². The Morgan fingerprint density at radius 1 is 0.551 bits per heavy atom. The molecule has 0 aliphatic rings. The summed E-state index contributed by atoms with van der Waals surface area (Å²) in [5.74, 6) is -3.31. The maximum absolute atomic E-state index is 13.1. The molecule has 2 aromatic heterocycles. The molecule has 2 heterocycles. The van der Waals surface area contributed by atoms with E-state index < -0.39 is 104 Å². The molecule has 0 aliphatic heterocycles. The number of phenolic OH excluding ortho intramolecular Hbond substituents is 1. The number of imidazole rings is 1. The monoisotopic (exact) mass is 936 g/mol. The highest BCUT2D eigenvalue weighted by Gasteiger charge is 2.29. The number of phenols is 1. The third-order valence-electron chi connectivity index (χ3n) is 12.9. The van der Waals surface area contributed by atoms with Gasteiger partial charge in [-0.05, 0) is 150 Å². The molecule has 6 aromatic carbocycles. The molecule has 8 rings (SSSR count). The van der Waals surface area contributed by atoms with Crippen LogP contribution in [0.1, 0.15) is 191 Å². The van der Waals surface area contributed by atoms with Crippen molar-refractivity contribution in [1.82, 2.24) is 14.5 Å². The van der Waals surface area contributed by atoms with Crippen LogP contribution in [0.4, 0.5) is 0 Å². The maximum Gasteiger partial charge on any atom is 0.149 e. The smallest absolute Gasteiger partial charge is 0.149 e. The molecule has 356 valence electrons. The highest BCUT2D eigenvalue weighted by Crippen LogP contribution is 2.46. The lowest BCUT2D eigenvalue weighted by Crippen LogP contribution is -2.17. The van der Waals surface area contributed by atoms with Gasteiger partial charge in [0, 0.05) is 53.0 Å². The number of pyridine rings is 1. The van der Waals surface area contributed by atoms with Crippen LogP contribution in [-0.4, -0.2) is 19.6 Å². The Kier molecular flexibility index (Phi) is 7.38. The molecule has 1 N–H and O–H groups in total. The fourth-order valence-corrected chi connectivity index (χ4v) is 8.71. The van der Waals surface area contributed by atoms with Crippen molar-refractivity contribution in [2.45, 2.75) is 151 Å². The molecular weight excluding hydrogens is 839 g/mol. The maximum atomic E-state index is 13.1. The van der Waals surface area contributed by atoms with Gasteiger partial charge in [0.05, 0.1) is 28.0 Å². The minimum absolute atomic E-state index is 0.00325. The van der Waals surface area contributed by atoms with Crippen molar-refractivity contribution in [2.24, 2.45) is 0 Å². The van der Waals surface area contributed by atoms with Crippen LogP contribution in [0.3, 0.4) is 0 Å². The van der Waals surface area contributed by atoms with E-state index in [0.29, 0.717) is 45.1 Å². The first-order chi connectivity index (χ1) is 41.2. The molecule has 0 spiro atoms. The van der Waals surface area contributed by atoms with Crippen LogP contribution in [0.2, 0.25) is 0 Å². The topological polar surface area (TPSA) is 50.9 Å². The van der Waals surface area contributed by atoms with Gasteiger partial charge >= 0.3 is 0 Å². The average Bonchev–Trinajstić information content (AvgIpc) is 1.10. The van der Waals surface area contributed by atoms with Crippen LogP contribution in [0.5, 0.6) is 5.75 Å². The molecule has 0 saturated carbocycles. The van der Waals surface area contributed by atoms with Gasteiger partial charge in [-0.25, -0.2) is 4.98 Å². The summed E-state index contributed by atoms with van der Waals surface area (Å²) in [6.45, 7) is -8.42. The molecule has 0 saturated heterocycles. The van der Waals surface area contributed by atoms with Crippen molar-refractivity contribution in [1.29, 1.82) is 0 Å². The van der Waals surface area contributed by atoms with Crippen LogP contribution in [-0.2, 0) is 21.7 Å². The first-order valence-corrected chi connectivity index (χ1v) is 23.1. The highest BCUT2D eigenvalue weighted by atomic mass is 16.3. The molecule has 0 unspecified atom stereocenters. The zero-order valence-corrected chi connectivity index (χ0v) is 41.0. The predicted octanol–water partition coefficient (Wildman–Crippen LogP) is 18.2. The zero-order valence-electron chi connectivity index (χ0n) is 63.0. The predicted molar refractivity (Wildman–Crippen MR) is 295 cm³/mol. The Hall–Kier alpha value is -6.26. The summed E-state index contributed by atoms with van der Waals surface area (Å²) in [6, 6.07) is 33.3. The second-order valence-electron chi connectivity index (χ2n) is 20.9. The van der Waals surface area contributed by atoms with E-state index >= 15 is 0 Å². The van der Waals surface area contributed by atoms with E-state index in [1.165, 1.54) is 22.8 Å². The summed E-state index contributed by atoms with van der Waals surface area (Å²) in [5.41, 5.74) is -5.37. The SMILES string of the molecule is [2H]C([2H])([2H])c1cc(-c2cc(C(C)C)cc(C([2H])(C)C)c2)ccc1-n1c(-c2cc(C(C([2H])([2H])[2H])(C([2H])([2H])[2H])C([2H])([2H])[2H])cc(C(C([2H])([2H])[2H])(C([2H])([2H])[2H])C([2H])([2H])[2H])c2O)nc2c(-c3cc(-c4cc(-c5ccc(C(C)(C)C)cc5)ccn4)cc(C(C)(C)C)c3)cccc21. The Morgan fingerprint density at radius 3 is 1.86 bits per heavy atom. The van der Waals surface area contributed by atoms with E-state index in [9.17, 15) is 9.22 Å². The normalized spacial score (nSPS) is 18.9. The number of rotatable bonds is 8. The first kappa shape index (κ1) is 28.4. The number of aromatic hydroxyl groups is 1. The van der Waals surface area contributed by atoms with Crippen LogP contribution < -0.4 is 0 Å². The summed E-state index contributed by atoms with van der Waals surface area (Å²) < 4.78 is 196. The summed E-state index contributed by atoms with van der Waals surface area (Å²) in [7, 11) is 0. The van der Waals surface area contributed by atoms with Crippen molar-refractivity contribution in [3.63, 3.8) is 0 Å². The summed E-state index contributed by atoms with van der Waals surface area (Å²) in [4.78, 5) is 9.92. The van der Waals surface area contributed by atoms with Crippen molar-refractivity contribution >= 4 is 11.0 Å². The lowest BCUT2D eigenvalue weighted by Gasteiger charge is -2.27. The van der Waals surface area contributed by atoms with Crippen LogP contribution >= 0.6 is 0 Å². The molecule has 0 aliphatic carbocycles. The van der Waals surface area contributed by atoms with E-state index in [0.717, 1.165) is 27.8 Å². The molecule has 0 radical (unpaired) electrons. The Morgan fingerprint density at radius 2 is 1.20 bits per heavy atom. The molecule has 0 atom stereocenters. The Balaban J connectivity index is 1.60. The average molecular weight is 936 g/mol. The molecular formula is C65H75N3O. The number of benzene rings is 6. The third-order valence-corrected chi connectivity index (χ3v) is 12.9. The van der Waals surface area contributed by atoms with Crippen molar-refractivity contribution < 1.29 is 35.3 Å². The van der Waals surface area contributed by atoms with Gasteiger partial charge in [0.2, 0.25) is 0 Å². The zero-order chi connectivity index (χ0) is 68.5. The minimum Gasteiger partial charge on any atom is -0.507 e. The highest BCUT2D eigenvalue weighted by molar-refractivity contribution is 5.97. The second-order valence-corrected chi connectivity index (χ2v) is 20.9. The molecule has 0 amide bonds. The van der Waals surface area contributed by atoms with Gasteiger partial charge in [-0.1, -0.05) is 183 Å². The second kappa shape index (κ2) is 17.9. The van der Waals surface area contributed by atoms with Gasteiger partial charge in [0.1, 0.15) is 11.6 Å². The number of hydrogen-bond donors (Lipinski definition) is 1. The van der Waals surface area contributed by atoms with Gasteiger partial charge in [-0.3, -0.25) is 9.55 Å². The summed E-state index contributed by atoms with van der Waals surface area (Å²) >= 11 is 0. The Labute approximate surface area is 444 Å². The largest absolute Gasteiger partial charge is 0.507 e. The van der Waals surface area contributed by atoms with Gasteiger partial charge in [-0.2, -0.15) is 0 Å². The molecule has 0 bridgehead atoms. The van der Waals surface area contributed by atoms with Gasteiger partial charge < -0.3 is 5.11 Å². The number of fused-ring (bicyclic) bond motifs is 1.